The third kappa shape index (κ3) is 2.42. The van der Waals surface area contributed by atoms with Crippen molar-refractivity contribution in [3.8, 4) is 0 Å². The van der Waals surface area contributed by atoms with Crippen molar-refractivity contribution in [1.29, 1.82) is 0 Å². The lowest BCUT2D eigenvalue weighted by Crippen LogP contribution is -2.57. The van der Waals surface area contributed by atoms with Gasteiger partial charge in [-0.1, -0.05) is 6.07 Å². The molecule has 0 radical (unpaired) electrons. The summed E-state index contributed by atoms with van der Waals surface area (Å²) in [5.74, 6) is 0. The first-order chi connectivity index (χ1) is 10.8. The fraction of sp³-hybridized carbons (Fsp3) is 0.467. The van der Waals surface area contributed by atoms with Gasteiger partial charge in [-0.05, 0) is 18.2 Å². The Kier molecular flexibility index (Phi) is 3.63. The molecule has 2 N–H and O–H groups in total. The number of aliphatic hydroxyl groups is 1. The average molecular weight is 302 g/mol. The van der Waals surface area contributed by atoms with Gasteiger partial charge in [0.25, 0.3) is 0 Å². The fourth-order valence-electron chi connectivity index (χ4n) is 3.12. The smallest absolute Gasteiger partial charge is 0.183 e. The number of aromatic nitrogens is 3. The van der Waals surface area contributed by atoms with Crippen LogP contribution < -0.4 is 5.32 Å². The summed E-state index contributed by atoms with van der Waals surface area (Å²) >= 11 is 0. The van der Waals surface area contributed by atoms with Crippen LogP contribution in [-0.2, 0) is 16.0 Å². The van der Waals surface area contributed by atoms with Crippen molar-refractivity contribution in [2.75, 3.05) is 6.61 Å². The maximum Gasteiger partial charge on any atom is 0.183 e. The van der Waals surface area contributed by atoms with Crippen LogP contribution in [-0.4, -0.2) is 51.0 Å². The molecule has 7 heteroatoms. The molecule has 0 aromatic carbocycles. The second-order valence-electron chi connectivity index (χ2n) is 5.57. The summed E-state index contributed by atoms with van der Waals surface area (Å²) in [7, 11) is 0. The molecule has 2 aliphatic heterocycles. The third-order valence-corrected chi connectivity index (χ3v) is 4.21. The largest absolute Gasteiger partial charge is 0.389 e. The summed E-state index contributed by atoms with van der Waals surface area (Å²) in [4.78, 5) is 4.28. The minimum absolute atomic E-state index is 0.157. The van der Waals surface area contributed by atoms with Gasteiger partial charge in [0.15, 0.2) is 6.29 Å². The van der Waals surface area contributed by atoms with Gasteiger partial charge in [0.2, 0.25) is 0 Å². The Morgan fingerprint density at radius 3 is 3.05 bits per heavy atom. The fourth-order valence-corrected chi connectivity index (χ4v) is 3.12. The Morgan fingerprint density at radius 2 is 2.27 bits per heavy atom. The van der Waals surface area contributed by atoms with Gasteiger partial charge in [-0.3, -0.25) is 9.67 Å². The zero-order chi connectivity index (χ0) is 14.9. The van der Waals surface area contributed by atoms with Crippen LogP contribution in [0.5, 0.6) is 0 Å². The molecule has 116 valence electrons. The van der Waals surface area contributed by atoms with E-state index in [-0.39, 0.29) is 18.2 Å². The normalized spacial score (nSPS) is 34.0. The van der Waals surface area contributed by atoms with Crippen LogP contribution in [0.1, 0.15) is 11.7 Å². The van der Waals surface area contributed by atoms with Crippen molar-refractivity contribution in [3.05, 3.63) is 48.5 Å². The quantitative estimate of drug-likeness (QED) is 0.833. The van der Waals surface area contributed by atoms with Gasteiger partial charge in [0.05, 0.1) is 24.4 Å². The predicted octanol–water partition coefficient (Wildman–Crippen LogP) is 0.0936. The van der Waals surface area contributed by atoms with E-state index in [9.17, 15) is 5.11 Å². The maximum absolute atomic E-state index is 10.8. The Bertz CT molecular complexity index is 607. The van der Waals surface area contributed by atoms with E-state index >= 15 is 0 Å². The summed E-state index contributed by atoms with van der Waals surface area (Å²) in [6.07, 6.45) is 4.00. The van der Waals surface area contributed by atoms with Crippen LogP contribution in [0, 0.1) is 0 Å². The standard InChI is InChI=1S/C15H18N4O3/c20-14-12(17-8-10-4-1-2-5-16-10)11-9-21-15(22-11)13(14)19-7-3-6-18-19/h1-7,11-15,17,20H,8-9H2/t11-,12-,13-,14+,15-/m1/s1. The van der Waals surface area contributed by atoms with Crippen LogP contribution in [0.15, 0.2) is 42.9 Å². The molecule has 4 rings (SSSR count). The lowest BCUT2D eigenvalue weighted by Gasteiger charge is -2.38. The van der Waals surface area contributed by atoms with Crippen LogP contribution in [0.4, 0.5) is 0 Å². The first kappa shape index (κ1) is 13.8. The highest BCUT2D eigenvalue weighted by molar-refractivity contribution is 5.05. The third-order valence-electron chi connectivity index (χ3n) is 4.21. The second-order valence-corrected chi connectivity index (χ2v) is 5.57. The first-order valence-corrected chi connectivity index (χ1v) is 7.40. The van der Waals surface area contributed by atoms with Crippen LogP contribution in [0.25, 0.3) is 0 Å². The second kappa shape index (κ2) is 5.77. The number of nitrogens with zero attached hydrogens (tertiary/aromatic N) is 3. The van der Waals surface area contributed by atoms with Gasteiger partial charge in [-0.15, -0.1) is 0 Å². The molecule has 0 aliphatic carbocycles. The van der Waals surface area contributed by atoms with Crippen molar-refractivity contribution < 1.29 is 14.6 Å². The molecular formula is C15H18N4O3. The van der Waals surface area contributed by atoms with Gasteiger partial charge < -0.3 is 19.9 Å². The van der Waals surface area contributed by atoms with Gasteiger partial charge in [-0.2, -0.15) is 5.10 Å². The molecule has 7 nitrogen and oxygen atoms in total. The van der Waals surface area contributed by atoms with Crippen LogP contribution in [0.2, 0.25) is 0 Å². The molecule has 2 saturated heterocycles. The molecule has 2 aromatic rings. The number of rotatable bonds is 4. The molecule has 2 fully saturated rings. The van der Waals surface area contributed by atoms with Gasteiger partial charge in [0.1, 0.15) is 12.1 Å². The highest BCUT2D eigenvalue weighted by Crippen LogP contribution is 2.35. The highest BCUT2D eigenvalue weighted by atomic mass is 16.7. The first-order valence-electron chi connectivity index (χ1n) is 7.40. The number of pyridine rings is 1. The van der Waals surface area contributed by atoms with E-state index in [1.165, 1.54) is 0 Å². The minimum Gasteiger partial charge on any atom is -0.389 e. The van der Waals surface area contributed by atoms with E-state index in [1.54, 1.807) is 17.1 Å². The van der Waals surface area contributed by atoms with E-state index in [2.05, 4.69) is 15.4 Å². The number of hydrogen-bond donors (Lipinski definition) is 2. The summed E-state index contributed by atoms with van der Waals surface area (Å²) in [5.41, 5.74) is 0.923. The zero-order valence-electron chi connectivity index (χ0n) is 11.9. The minimum atomic E-state index is -0.644. The lowest BCUT2D eigenvalue weighted by atomic mass is 9.96. The van der Waals surface area contributed by atoms with Crippen LogP contribution >= 0.6 is 0 Å². The molecular weight excluding hydrogens is 284 g/mol. The summed E-state index contributed by atoms with van der Waals surface area (Å²) in [6, 6.07) is 7.01. The Balaban J connectivity index is 1.51. The Morgan fingerprint density at radius 1 is 1.32 bits per heavy atom. The number of ether oxygens (including phenoxy) is 2. The molecule has 22 heavy (non-hydrogen) atoms. The van der Waals surface area contributed by atoms with E-state index in [0.29, 0.717) is 13.2 Å². The van der Waals surface area contributed by atoms with E-state index in [1.807, 2.05) is 30.5 Å². The number of fused-ring (bicyclic) bond motifs is 2. The van der Waals surface area contributed by atoms with Crippen molar-refractivity contribution in [1.82, 2.24) is 20.1 Å². The molecule has 0 unspecified atom stereocenters. The van der Waals surface area contributed by atoms with E-state index < -0.39 is 12.4 Å². The maximum atomic E-state index is 10.8. The van der Waals surface area contributed by atoms with Crippen molar-refractivity contribution in [2.24, 2.45) is 0 Å². The van der Waals surface area contributed by atoms with Crippen molar-refractivity contribution >= 4 is 0 Å². The molecule has 0 spiro atoms. The predicted molar refractivity (Wildman–Crippen MR) is 76.7 cm³/mol. The molecule has 2 aromatic heterocycles. The average Bonchev–Trinajstić information content (AvgIpc) is 3.20. The van der Waals surface area contributed by atoms with Crippen molar-refractivity contribution in [3.63, 3.8) is 0 Å². The summed E-state index contributed by atoms with van der Waals surface area (Å²) < 4.78 is 13.2. The van der Waals surface area contributed by atoms with E-state index in [0.717, 1.165) is 5.69 Å². The molecule has 2 aliphatic rings. The van der Waals surface area contributed by atoms with Gasteiger partial charge >= 0.3 is 0 Å². The molecule has 0 amide bonds. The number of hydrogen-bond acceptors (Lipinski definition) is 6. The Labute approximate surface area is 127 Å². The van der Waals surface area contributed by atoms with Gasteiger partial charge in [0, 0.05) is 25.1 Å². The SMILES string of the molecule is O[C@H]1[C@H](NCc2ccccn2)[C@H]2CO[C@H](O2)[C@@H]1n1cccn1. The monoisotopic (exact) mass is 302 g/mol. The lowest BCUT2D eigenvalue weighted by molar-refractivity contribution is -0.168. The van der Waals surface area contributed by atoms with Crippen LogP contribution in [0.3, 0.4) is 0 Å². The highest BCUT2D eigenvalue weighted by Gasteiger charge is 2.51. The van der Waals surface area contributed by atoms with E-state index in [4.69, 9.17) is 9.47 Å². The molecule has 4 heterocycles. The molecule has 5 atom stereocenters. The zero-order valence-corrected chi connectivity index (χ0v) is 11.9. The molecule has 2 bridgehead atoms. The topological polar surface area (TPSA) is 81.4 Å². The Hall–Kier alpha value is -1.80. The molecule has 0 saturated carbocycles. The summed E-state index contributed by atoms with van der Waals surface area (Å²) in [6.45, 7) is 1.04. The van der Waals surface area contributed by atoms with Crippen molar-refractivity contribution in [2.45, 2.75) is 37.1 Å². The summed E-state index contributed by atoms with van der Waals surface area (Å²) in [5, 5.41) is 18.3. The number of aliphatic hydroxyl groups excluding tert-OH is 1. The van der Waals surface area contributed by atoms with Gasteiger partial charge in [-0.25, -0.2) is 0 Å². The number of nitrogens with one attached hydrogen (secondary N) is 1.